The molecule has 0 saturated heterocycles. The molecule has 2 aromatic carbocycles. The van der Waals surface area contributed by atoms with E-state index in [9.17, 15) is 18.0 Å². The molecule has 3 rings (SSSR count). The van der Waals surface area contributed by atoms with Crippen LogP contribution >= 0.6 is 15.9 Å². The number of hydrogen-bond acceptors (Lipinski definition) is 5. The number of esters is 1. The maximum Gasteiger partial charge on any atom is 0.338 e. The van der Waals surface area contributed by atoms with E-state index in [1.807, 2.05) is 0 Å². The van der Waals surface area contributed by atoms with Crippen LogP contribution < -0.4 is 5.32 Å². The number of nitrogens with zero attached hydrogens (tertiary/aromatic N) is 1. The predicted octanol–water partition coefficient (Wildman–Crippen LogP) is 4.14. The van der Waals surface area contributed by atoms with Gasteiger partial charge in [-0.3, -0.25) is 0 Å². The summed E-state index contributed by atoms with van der Waals surface area (Å²) in [5.74, 6) is -0.471. The van der Waals surface area contributed by atoms with E-state index in [1.54, 1.807) is 51.1 Å². The van der Waals surface area contributed by atoms with Crippen LogP contribution in [0.15, 0.2) is 51.8 Å². The van der Waals surface area contributed by atoms with Crippen LogP contribution in [0.5, 0.6) is 0 Å². The fourth-order valence-electron chi connectivity index (χ4n) is 2.62. The van der Waals surface area contributed by atoms with Crippen LogP contribution in [0.3, 0.4) is 0 Å². The number of amides is 2. The Morgan fingerprint density at radius 2 is 1.79 bits per heavy atom. The van der Waals surface area contributed by atoms with Gasteiger partial charge in [-0.05, 0) is 56.7 Å². The maximum absolute atomic E-state index is 12.9. The molecule has 0 fully saturated rings. The largest absolute Gasteiger partial charge is 0.456 e. The Kier molecular flexibility index (Phi) is 5.24. The van der Waals surface area contributed by atoms with Gasteiger partial charge in [-0.1, -0.05) is 28.1 Å². The molecule has 1 N–H and O–H groups in total. The van der Waals surface area contributed by atoms with E-state index >= 15 is 0 Å². The van der Waals surface area contributed by atoms with E-state index < -0.39 is 27.6 Å². The molecule has 0 unspecified atom stereocenters. The van der Waals surface area contributed by atoms with Gasteiger partial charge in [-0.15, -0.1) is 0 Å². The quantitative estimate of drug-likeness (QED) is 0.685. The normalized spacial score (nSPS) is 15.6. The number of carbonyl (C=O) groups is 2. The Bertz CT molecular complexity index is 1040. The topological polar surface area (TPSA) is 92.8 Å². The van der Waals surface area contributed by atoms with Gasteiger partial charge in [-0.25, -0.2) is 22.3 Å². The zero-order valence-corrected chi connectivity index (χ0v) is 17.9. The molecule has 9 heteroatoms. The van der Waals surface area contributed by atoms with Gasteiger partial charge < -0.3 is 10.1 Å². The lowest BCUT2D eigenvalue weighted by molar-refractivity contribution is 0.00694. The molecule has 1 aliphatic rings. The maximum atomic E-state index is 12.9. The molecule has 1 aliphatic heterocycles. The Labute approximate surface area is 171 Å². The molecule has 7 nitrogen and oxygen atoms in total. The molecule has 2 amide bonds. The monoisotopic (exact) mass is 466 g/mol. The number of halogens is 1. The molecule has 2 aromatic rings. The molecule has 0 saturated carbocycles. The molecule has 0 atom stereocenters. The zero-order chi connectivity index (χ0) is 20.7. The van der Waals surface area contributed by atoms with Gasteiger partial charge in [0.15, 0.2) is 0 Å². The fraction of sp³-hybridized carbons (Fsp3) is 0.263. The summed E-state index contributed by atoms with van der Waals surface area (Å²) in [5.41, 5.74) is 0.533. The number of anilines is 1. The van der Waals surface area contributed by atoms with Crippen molar-refractivity contribution < 1.29 is 22.7 Å². The highest BCUT2D eigenvalue weighted by Gasteiger charge is 2.36. The third kappa shape index (κ3) is 4.20. The summed E-state index contributed by atoms with van der Waals surface area (Å²) >= 11 is 3.25. The number of urea groups is 1. The van der Waals surface area contributed by atoms with Crippen molar-refractivity contribution in [2.75, 3.05) is 5.32 Å². The van der Waals surface area contributed by atoms with Gasteiger partial charge in [0, 0.05) is 4.47 Å². The summed E-state index contributed by atoms with van der Waals surface area (Å²) in [4.78, 5) is 24.5. The number of ether oxygens (including phenoxy) is 1. The van der Waals surface area contributed by atoms with Crippen LogP contribution in [0.4, 0.5) is 10.5 Å². The Hall–Kier alpha value is -2.39. The SMILES string of the molecule is CC(C)(C)OC(=O)c1ccc(CN2C(=O)Nc3ccc(Br)cc3S2(=O)=O)cc1. The number of rotatable bonds is 3. The lowest BCUT2D eigenvalue weighted by atomic mass is 10.1. The molecule has 0 bridgehead atoms. The van der Waals surface area contributed by atoms with Gasteiger partial charge in [0.1, 0.15) is 10.5 Å². The second kappa shape index (κ2) is 7.21. The number of hydrogen-bond donors (Lipinski definition) is 1. The van der Waals surface area contributed by atoms with Crippen molar-refractivity contribution in [2.24, 2.45) is 0 Å². The van der Waals surface area contributed by atoms with Gasteiger partial charge in [-0.2, -0.15) is 0 Å². The van der Waals surface area contributed by atoms with E-state index in [0.717, 1.165) is 4.31 Å². The lowest BCUT2D eigenvalue weighted by Crippen LogP contribution is -2.43. The van der Waals surface area contributed by atoms with E-state index in [-0.39, 0.29) is 17.1 Å². The van der Waals surface area contributed by atoms with Crippen LogP contribution in [-0.2, 0) is 21.3 Å². The highest BCUT2D eigenvalue weighted by molar-refractivity contribution is 9.10. The van der Waals surface area contributed by atoms with E-state index in [2.05, 4.69) is 21.2 Å². The number of benzene rings is 2. The van der Waals surface area contributed by atoms with Gasteiger partial charge in [0.2, 0.25) is 0 Å². The number of carbonyl (C=O) groups excluding carboxylic acids is 2. The number of sulfonamides is 1. The first-order chi connectivity index (χ1) is 13.0. The lowest BCUT2D eigenvalue weighted by Gasteiger charge is -2.29. The van der Waals surface area contributed by atoms with Crippen molar-refractivity contribution in [2.45, 2.75) is 37.8 Å². The highest BCUT2D eigenvalue weighted by atomic mass is 79.9. The van der Waals surface area contributed by atoms with Crippen molar-refractivity contribution in [1.29, 1.82) is 0 Å². The number of fused-ring (bicyclic) bond motifs is 1. The Morgan fingerprint density at radius 3 is 2.39 bits per heavy atom. The van der Waals surface area contributed by atoms with Crippen LogP contribution in [0, 0.1) is 0 Å². The van der Waals surface area contributed by atoms with Crippen molar-refractivity contribution in [1.82, 2.24) is 4.31 Å². The van der Waals surface area contributed by atoms with Crippen molar-refractivity contribution >= 4 is 43.6 Å². The van der Waals surface area contributed by atoms with Crippen molar-refractivity contribution in [3.63, 3.8) is 0 Å². The zero-order valence-electron chi connectivity index (χ0n) is 15.5. The molecule has 0 aromatic heterocycles. The average molecular weight is 467 g/mol. The van der Waals surface area contributed by atoms with Gasteiger partial charge in [0.25, 0.3) is 10.0 Å². The molecule has 0 aliphatic carbocycles. The summed E-state index contributed by atoms with van der Waals surface area (Å²) in [6.45, 7) is 5.16. The smallest absolute Gasteiger partial charge is 0.338 e. The van der Waals surface area contributed by atoms with E-state index in [0.29, 0.717) is 15.6 Å². The molecule has 148 valence electrons. The second-order valence-corrected chi connectivity index (χ2v) is 10.0. The third-order valence-corrected chi connectivity index (χ3v) is 6.16. The Morgan fingerprint density at radius 1 is 1.14 bits per heavy atom. The summed E-state index contributed by atoms with van der Waals surface area (Å²) in [6.07, 6.45) is 0. The van der Waals surface area contributed by atoms with Crippen LogP contribution in [0.25, 0.3) is 0 Å². The van der Waals surface area contributed by atoms with E-state index in [1.165, 1.54) is 12.1 Å². The first-order valence-corrected chi connectivity index (χ1v) is 10.7. The van der Waals surface area contributed by atoms with Crippen molar-refractivity contribution in [3.8, 4) is 0 Å². The van der Waals surface area contributed by atoms with Crippen molar-refractivity contribution in [3.05, 3.63) is 58.1 Å². The fourth-order valence-corrected chi connectivity index (χ4v) is 4.63. The third-order valence-electron chi connectivity index (χ3n) is 3.89. The number of nitrogens with one attached hydrogen (secondary N) is 1. The first kappa shape index (κ1) is 20.3. The first-order valence-electron chi connectivity index (χ1n) is 8.43. The highest BCUT2D eigenvalue weighted by Crippen LogP contribution is 2.33. The summed E-state index contributed by atoms with van der Waals surface area (Å²) in [7, 11) is -4.00. The molecular weight excluding hydrogens is 448 g/mol. The molecule has 0 radical (unpaired) electrons. The molecular formula is C19H19BrN2O5S. The molecule has 1 heterocycles. The van der Waals surface area contributed by atoms with E-state index in [4.69, 9.17) is 4.74 Å². The molecule has 28 heavy (non-hydrogen) atoms. The Balaban J connectivity index is 1.84. The molecule has 0 spiro atoms. The minimum Gasteiger partial charge on any atom is -0.456 e. The second-order valence-electron chi connectivity index (χ2n) is 7.28. The predicted molar refractivity (Wildman–Crippen MR) is 108 cm³/mol. The minimum atomic E-state index is -4.00. The summed E-state index contributed by atoms with van der Waals surface area (Å²) < 4.78 is 32.4. The van der Waals surface area contributed by atoms with Crippen LogP contribution in [-0.4, -0.2) is 30.3 Å². The van der Waals surface area contributed by atoms with Crippen LogP contribution in [0.2, 0.25) is 0 Å². The van der Waals surface area contributed by atoms with Gasteiger partial charge >= 0.3 is 12.0 Å². The minimum absolute atomic E-state index is 0.0202. The average Bonchev–Trinajstić information content (AvgIpc) is 2.59. The standard InChI is InChI=1S/C19H19BrN2O5S/c1-19(2,3)27-17(23)13-6-4-12(5-7-13)11-22-18(24)21-15-9-8-14(20)10-16(15)28(22,25)26/h4-10H,11H2,1-3H3,(H,21,24). The summed E-state index contributed by atoms with van der Waals surface area (Å²) in [5, 5.41) is 2.58. The van der Waals surface area contributed by atoms with Crippen LogP contribution in [0.1, 0.15) is 36.7 Å². The van der Waals surface area contributed by atoms with Gasteiger partial charge in [0.05, 0.1) is 17.8 Å². The summed E-state index contributed by atoms with van der Waals surface area (Å²) in [6, 6.07) is 10.2.